The molecule has 2 aromatic rings. The fraction of sp³-hybridized carbons (Fsp3) is 0.208. The molecule has 0 radical (unpaired) electrons. The Morgan fingerprint density at radius 1 is 1.12 bits per heavy atom. The summed E-state index contributed by atoms with van der Waals surface area (Å²) in [4.78, 5) is 31.3. The zero-order valence-electron chi connectivity index (χ0n) is 18.3. The standard InChI is InChI=1S/C24H24N4O4S/c1-3-28(18-11-5-4-6-12-18)33(31,32)20-14-8-7-13-19(20)25-23(30)24(2)17-22(29)26-21-15-9-10-16-27(21)24/h4-16H,3,17H2,1-2H3,(H,25,30). The summed E-state index contributed by atoms with van der Waals surface area (Å²) in [6, 6.07) is 15.0. The molecule has 2 amide bonds. The maximum atomic E-state index is 13.6. The summed E-state index contributed by atoms with van der Waals surface area (Å²) >= 11 is 0. The summed E-state index contributed by atoms with van der Waals surface area (Å²) in [6.45, 7) is 3.60. The number of para-hydroxylation sites is 2. The summed E-state index contributed by atoms with van der Waals surface area (Å²) in [5.74, 6) is -0.553. The Kier molecular flexibility index (Phi) is 5.90. The van der Waals surface area contributed by atoms with Gasteiger partial charge in [0, 0.05) is 12.7 Å². The van der Waals surface area contributed by atoms with Crippen LogP contribution >= 0.6 is 0 Å². The Balaban J connectivity index is 1.69. The topological polar surface area (TPSA) is 99.2 Å². The van der Waals surface area contributed by atoms with E-state index in [2.05, 4.69) is 10.3 Å². The number of nitrogens with zero attached hydrogens (tertiary/aromatic N) is 3. The van der Waals surface area contributed by atoms with E-state index < -0.39 is 27.4 Å². The number of fused-ring (bicyclic) bond motifs is 1. The first-order valence-corrected chi connectivity index (χ1v) is 12.0. The molecule has 4 rings (SSSR count). The number of sulfonamides is 1. The van der Waals surface area contributed by atoms with Gasteiger partial charge in [-0.2, -0.15) is 4.99 Å². The molecule has 0 spiro atoms. The van der Waals surface area contributed by atoms with Crippen LogP contribution in [0.15, 0.2) is 88.9 Å². The lowest BCUT2D eigenvalue weighted by Crippen LogP contribution is -2.58. The first-order valence-electron chi connectivity index (χ1n) is 10.5. The number of carbonyl (C=O) groups excluding carboxylic acids is 2. The van der Waals surface area contributed by atoms with Crippen LogP contribution in [0.4, 0.5) is 11.4 Å². The van der Waals surface area contributed by atoms with Crippen molar-refractivity contribution >= 4 is 39.0 Å². The molecule has 8 nitrogen and oxygen atoms in total. The summed E-state index contributed by atoms with van der Waals surface area (Å²) in [7, 11) is -3.98. The molecule has 1 unspecified atom stereocenters. The first kappa shape index (κ1) is 22.5. The number of rotatable bonds is 6. The summed E-state index contributed by atoms with van der Waals surface area (Å²) in [5.41, 5.74) is -0.598. The van der Waals surface area contributed by atoms with Crippen molar-refractivity contribution in [3.05, 3.63) is 79.0 Å². The van der Waals surface area contributed by atoms with Gasteiger partial charge in [0.05, 0.1) is 17.8 Å². The molecule has 1 atom stereocenters. The molecule has 2 heterocycles. The number of amidine groups is 1. The van der Waals surface area contributed by atoms with E-state index in [4.69, 9.17) is 0 Å². The van der Waals surface area contributed by atoms with Crippen molar-refractivity contribution in [2.24, 2.45) is 4.99 Å². The number of amides is 2. The Morgan fingerprint density at radius 2 is 1.82 bits per heavy atom. The minimum absolute atomic E-state index is 0.0299. The monoisotopic (exact) mass is 464 g/mol. The number of aliphatic imine (C=N–C) groups is 1. The van der Waals surface area contributed by atoms with Gasteiger partial charge in [0.15, 0.2) is 0 Å². The van der Waals surface area contributed by atoms with Crippen molar-refractivity contribution in [1.29, 1.82) is 0 Å². The number of anilines is 2. The second-order valence-electron chi connectivity index (χ2n) is 7.84. The highest BCUT2D eigenvalue weighted by atomic mass is 32.2. The molecule has 0 saturated carbocycles. The largest absolute Gasteiger partial charge is 0.323 e. The molecule has 9 heteroatoms. The second-order valence-corrected chi connectivity index (χ2v) is 9.67. The predicted molar refractivity (Wildman–Crippen MR) is 127 cm³/mol. The van der Waals surface area contributed by atoms with E-state index in [0.29, 0.717) is 11.5 Å². The zero-order valence-corrected chi connectivity index (χ0v) is 19.1. The number of hydrogen-bond donors (Lipinski definition) is 1. The minimum atomic E-state index is -3.98. The first-order chi connectivity index (χ1) is 15.8. The lowest BCUT2D eigenvalue weighted by atomic mass is 9.91. The molecule has 0 aromatic heterocycles. The average molecular weight is 465 g/mol. The maximum absolute atomic E-state index is 13.6. The highest BCUT2D eigenvalue weighted by Crippen LogP contribution is 2.32. The Bertz CT molecular complexity index is 1280. The van der Waals surface area contributed by atoms with E-state index in [9.17, 15) is 18.0 Å². The van der Waals surface area contributed by atoms with E-state index in [1.54, 1.807) is 85.6 Å². The zero-order chi connectivity index (χ0) is 23.6. The van der Waals surface area contributed by atoms with Crippen LogP contribution in [-0.2, 0) is 19.6 Å². The lowest BCUT2D eigenvalue weighted by Gasteiger charge is -2.41. The average Bonchev–Trinajstić information content (AvgIpc) is 2.80. The predicted octanol–water partition coefficient (Wildman–Crippen LogP) is 3.31. The third-order valence-electron chi connectivity index (χ3n) is 5.63. The molecule has 0 bridgehead atoms. The second kappa shape index (κ2) is 8.67. The smallest absolute Gasteiger partial charge is 0.266 e. The van der Waals surface area contributed by atoms with Gasteiger partial charge in [0.1, 0.15) is 16.3 Å². The van der Waals surface area contributed by atoms with Gasteiger partial charge >= 0.3 is 0 Å². The number of hydrogen-bond acceptors (Lipinski definition) is 5. The number of nitrogens with one attached hydrogen (secondary N) is 1. The molecule has 1 N–H and O–H groups in total. The maximum Gasteiger partial charge on any atom is 0.266 e. The molecule has 0 aliphatic carbocycles. The summed E-state index contributed by atoms with van der Waals surface area (Å²) in [5, 5.41) is 2.76. The normalized spacial score (nSPS) is 19.6. The molecule has 0 saturated heterocycles. The van der Waals surface area contributed by atoms with Crippen LogP contribution in [0, 0.1) is 0 Å². The third-order valence-corrected chi connectivity index (χ3v) is 7.59. The fourth-order valence-corrected chi connectivity index (χ4v) is 5.56. The van der Waals surface area contributed by atoms with Gasteiger partial charge < -0.3 is 10.2 Å². The van der Waals surface area contributed by atoms with Crippen LogP contribution in [0.2, 0.25) is 0 Å². The molecule has 2 aromatic carbocycles. The van der Waals surface area contributed by atoms with E-state index in [0.717, 1.165) is 0 Å². The van der Waals surface area contributed by atoms with Gasteiger partial charge in [-0.3, -0.25) is 13.9 Å². The van der Waals surface area contributed by atoms with E-state index in [1.165, 1.54) is 10.4 Å². The SMILES string of the molecule is CCN(c1ccccc1)S(=O)(=O)c1ccccc1NC(=O)C1(C)CC(=O)N=C2C=CC=CN21. The molecule has 2 aliphatic rings. The summed E-state index contributed by atoms with van der Waals surface area (Å²) < 4.78 is 28.4. The molecular weight excluding hydrogens is 440 g/mol. The van der Waals surface area contributed by atoms with Crippen LogP contribution in [-0.4, -0.2) is 43.1 Å². The van der Waals surface area contributed by atoms with Gasteiger partial charge in [0.2, 0.25) is 0 Å². The van der Waals surface area contributed by atoms with Gasteiger partial charge in [-0.25, -0.2) is 8.42 Å². The van der Waals surface area contributed by atoms with Crippen LogP contribution in [0.25, 0.3) is 0 Å². The van der Waals surface area contributed by atoms with Crippen molar-refractivity contribution in [3.63, 3.8) is 0 Å². The van der Waals surface area contributed by atoms with Crippen molar-refractivity contribution in [3.8, 4) is 0 Å². The van der Waals surface area contributed by atoms with Crippen molar-refractivity contribution < 1.29 is 18.0 Å². The highest BCUT2D eigenvalue weighted by Gasteiger charge is 2.45. The van der Waals surface area contributed by atoms with E-state index in [-0.39, 0.29) is 23.5 Å². The fourth-order valence-electron chi connectivity index (χ4n) is 3.94. The van der Waals surface area contributed by atoms with Gasteiger partial charge in [-0.05, 0) is 50.3 Å². The minimum Gasteiger partial charge on any atom is -0.323 e. The molecule has 33 heavy (non-hydrogen) atoms. The van der Waals surface area contributed by atoms with Crippen LogP contribution in [0.1, 0.15) is 20.3 Å². The quantitative estimate of drug-likeness (QED) is 0.707. The summed E-state index contributed by atoms with van der Waals surface area (Å²) in [6.07, 6.45) is 6.68. The number of benzene rings is 2. The van der Waals surface area contributed by atoms with Crippen LogP contribution in [0.5, 0.6) is 0 Å². The molecule has 170 valence electrons. The van der Waals surface area contributed by atoms with Gasteiger partial charge in [-0.15, -0.1) is 0 Å². The highest BCUT2D eigenvalue weighted by molar-refractivity contribution is 7.93. The Hall–Kier alpha value is -3.72. The van der Waals surface area contributed by atoms with E-state index in [1.807, 2.05) is 6.07 Å². The molecular formula is C24H24N4O4S. The Morgan fingerprint density at radius 3 is 2.55 bits per heavy atom. The van der Waals surface area contributed by atoms with Crippen LogP contribution in [0.3, 0.4) is 0 Å². The van der Waals surface area contributed by atoms with Crippen molar-refractivity contribution in [2.75, 3.05) is 16.2 Å². The number of carbonyl (C=O) groups is 2. The van der Waals surface area contributed by atoms with Gasteiger partial charge in [-0.1, -0.05) is 36.4 Å². The van der Waals surface area contributed by atoms with Crippen LogP contribution < -0.4 is 9.62 Å². The lowest BCUT2D eigenvalue weighted by molar-refractivity contribution is -0.130. The molecule has 2 aliphatic heterocycles. The number of allylic oxidation sites excluding steroid dienone is 2. The van der Waals surface area contributed by atoms with E-state index >= 15 is 0 Å². The Labute approximate surface area is 193 Å². The third kappa shape index (κ3) is 4.07. The van der Waals surface area contributed by atoms with Crippen molar-refractivity contribution in [1.82, 2.24) is 4.90 Å². The van der Waals surface area contributed by atoms with Gasteiger partial charge in [0.25, 0.3) is 21.8 Å². The molecule has 0 fully saturated rings. The van der Waals surface area contributed by atoms with Crippen molar-refractivity contribution in [2.45, 2.75) is 30.7 Å².